The number of allylic oxidation sites excluding steroid dienone is 3. The van der Waals surface area contributed by atoms with Gasteiger partial charge in [0, 0.05) is 0 Å². The minimum absolute atomic E-state index is 1.15. The van der Waals surface area contributed by atoms with Gasteiger partial charge in [0.15, 0.2) is 0 Å². The molecular weight excluding hydrogens is 132 g/mol. The topological polar surface area (TPSA) is 0 Å². The molecule has 0 N–H and O–H groups in total. The summed E-state index contributed by atoms with van der Waals surface area (Å²) in [4.78, 5) is 0. The second-order valence-electron chi connectivity index (χ2n) is 3.10. The van der Waals surface area contributed by atoms with E-state index in [1.54, 1.807) is 0 Å². The minimum Gasteiger partial charge on any atom is -0.0961 e. The Morgan fingerprint density at radius 2 is 2.00 bits per heavy atom. The largest absolute Gasteiger partial charge is 0.0961 e. The molecule has 0 saturated heterocycles. The van der Waals surface area contributed by atoms with Gasteiger partial charge < -0.3 is 0 Å². The molecule has 0 fully saturated rings. The van der Waals surface area contributed by atoms with Crippen LogP contribution in [0.5, 0.6) is 0 Å². The lowest BCUT2D eigenvalue weighted by atomic mass is 10.1. The highest BCUT2D eigenvalue weighted by Gasteiger charge is 1.83. The van der Waals surface area contributed by atoms with Gasteiger partial charge in [0.25, 0.3) is 0 Å². The van der Waals surface area contributed by atoms with Crippen molar-refractivity contribution < 1.29 is 0 Å². The quantitative estimate of drug-likeness (QED) is 0.397. The molecule has 11 heavy (non-hydrogen) atoms. The summed E-state index contributed by atoms with van der Waals surface area (Å²) in [5.41, 5.74) is 1.15. The van der Waals surface area contributed by atoms with Gasteiger partial charge in [0.05, 0.1) is 0 Å². The minimum atomic E-state index is 1.15. The summed E-state index contributed by atoms with van der Waals surface area (Å²) in [7, 11) is 0. The Hall–Kier alpha value is -0.520. The fraction of sp³-hybridized carbons (Fsp3) is 0.636. The maximum absolute atomic E-state index is 3.80. The predicted octanol–water partition coefficient (Wildman–Crippen LogP) is 4.09. The summed E-state index contributed by atoms with van der Waals surface area (Å²) in [6, 6.07) is 0. The molecule has 0 rings (SSSR count). The van der Waals surface area contributed by atoms with Gasteiger partial charge in [-0.1, -0.05) is 50.5 Å². The molecular formula is C11H20. The van der Waals surface area contributed by atoms with Crippen LogP contribution in [0.4, 0.5) is 0 Å². The van der Waals surface area contributed by atoms with E-state index in [0.29, 0.717) is 0 Å². The van der Waals surface area contributed by atoms with E-state index in [2.05, 4.69) is 25.7 Å². The third-order valence-corrected chi connectivity index (χ3v) is 1.63. The van der Waals surface area contributed by atoms with E-state index in [-0.39, 0.29) is 0 Å². The molecule has 0 aromatic heterocycles. The molecule has 0 spiro atoms. The first-order chi connectivity index (χ1) is 5.27. The molecule has 0 bridgehead atoms. The van der Waals surface area contributed by atoms with E-state index in [4.69, 9.17) is 0 Å². The highest BCUT2D eigenvalue weighted by atomic mass is 13.9. The normalized spacial score (nSPS) is 10.7. The molecule has 0 aromatic carbocycles. The van der Waals surface area contributed by atoms with Gasteiger partial charge in [-0.15, -0.1) is 0 Å². The van der Waals surface area contributed by atoms with Crippen LogP contribution in [0.2, 0.25) is 0 Å². The van der Waals surface area contributed by atoms with Gasteiger partial charge in [-0.2, -0.15) is 0 Å². The number of rotatable bonds is 6. The first-order valence-electron chi connectivity index (χ1n) is 4.59. The molecule has 0 aromatic rings. The van der Waals surface area contributed by atoms with Gasteiger partial charge in [-0.3, -0.25) is 0 Å². The van der Waals surface area contributed by atoms with Gasteiger partial charge in [0.2, 0.25) is 0 Å². The molecule has 0 saturated carbocycles. The van der Waals surface area contributed by atoms with Crippen molar-refractivity contribution in [2.24, 2.45) is 0 Å². The van der Waals surface area contributed by atoms with Crippen LogP contribution in [0.3, 0.4) is 0 Å². The van der Waals surface area contributed by atoms with E-state index in [1.165, 1.54) is 32.1 Å². The lowest BCUT2D eigenvalue weighted by Gasteiger charge is -1.93. The third kappa shape index (κ3) is 9.48. The van der Waals surface area contributed by atoms with Crippen molar-refractivity contribution in [2.75, 3.05) is 0 Å². The second-order valence-corrected chi connectivity index (χ2v) is 3.10. The molecule has 0 heterocycles. The Morgan fingerprint density at radius 1 is 1.27 bits per heavy atom. The average Bonchev–Trinajstić information content (AvgIpc) is 1.96. The molecule has 0 aliphatic heterocycles. The Bertz CT molecular complexity index is 120. The van der Waals surface area contributed by atoms with Gasteiger partial charge in [0.1, 0.15) is 0 Å². The summed E-state index contributed by atoms with van der Waals surface area (Å²) < 4.78 is 0. The summed E-state index contributed by atoms with van der Waals surface area (Å²) in [5, 5.41) is 0. The van der Waals surface area contributed by atoms with Crippen molar-refractivity contribution >= 4 is 0 Å². The number of unbranched alkanes of at least 4 members (excludes halogenated alkanes) is 4. The van der Waals surface area contributed by atoms with Gasteiger partial charge in [-0.05, 0) is 19.8 Å². The molecule has 0 amide bonds. The SMILES string of the molecule is C=C(C)C=CCCCCCC. The summed E-state index contributed by atoms with van der Waals surface area (Å²) in [6.45, 7) is 8.07. The van der Waals surface area contributed by atoms with E-state index < -0.39 is 0 Å². The van der Waals surface area contributed by atoms with E-state index in [9.17, 15) is 0 Å². The van der Waals surface area contributed by atoms with E-state index in [0.717, 1.165) is 5.57 Å². The van der Waals surface area contributed by atoms with Crippen molar-refractivity contribution in [3.05, 3.63) is 24.3 Å². The first-order valence-corrected chi connectivity index (χ1v) is 4.59. The van der Waals surface area contributed by atoms with Crippen LogP contribution in [0.15, 0.2) is 24.3 Å². The zero-order chi connectivity index (χ0) is 8.53. The van der Waals surface area contributed by atoms with Crippen LogP contribution >= 0.6 is 0 Å². The Kier molecular flexibility index (Phi) is 7.23. The van der Waals surface area contributed by atoms with Crippen LogP contribution in [0.25, 0.3) is 0 Å². The Morgan fingerprint density at radius 3 is 2.55 bits per heavy atom. The lowest BCUT2D eigenvalue weighted by molar-refractivity contribution is 0.674. The van der Waals surface area contributed by atoms with Gasteiger partial charge in [-0.25, -0.2) is 0 Å². The monoisotopic (exact) mass is 152 g/mol. The molecule has 0 aliphatic rings. The zero-order valence-electron chi connectivity index (χ0n) is 7.90. The maximum atomic E-state index is 3.80. The van der Waals surface area contributed by atoms with Crippen molar-refractivity contribution in [3.8, 4) is 0 Å². The van der Waals surface area contributed by atoms with Crippen molar-refractivity contribution in [1.29, 1.82) is 0 Å². The van der Waals surface area contributed by atoms with E-state index in [1.807, 2.05) is 6.92 Å². The zero-order valence-corrected chi connectivity index (χ0v) is 7.90. The summed E-state index contributed by atoms with van der Waals surface area (Å²) >= 11 is 0. The summed E-state index contributed by atoms with van der Waals surface area (Å²) in [5.74, 6) is 0. The molecule has 0 unspecified atom stereocenters. The van der Waals surface area contributed by atoms with Crippen molar-refractivity contribution in [2.45, 2.75) is 46.0 Å². The maximum Gasteiger partial charge on any atom is -0.0348 e. The van der Waals surface area contributed by atoms with Crippen LogP contribution in [-0.2, 0) is 0 Å². The third-order valence-electron chi connectivity index (χ3n) is 1.63. The molecule has 64 valence electrons. The fourth-order valence-corrected chi connectivity index (χ4v) is 0.973. The van der Waals surface area contributed by atoms with Crippen LogP contribution in [0.1, 0.15) is 46.0 Å². The average molecular weight is 152 g/mol. The molecule has 0 nitrogen and oxygen atoms in total. The Labute approximate surface area is 71.0 Å². The van der Waals surface area contributed by atoms with Gasteiger partial charge >= 0.3 is 0 Å². The molecule has 0 heteroatoms. The van der Waals surface area contributed by atoms with Crippen LogP contribution in [-0.4, -0.2) is 0 Å². The Balaban J connectivity index is 3.07. The lowest BCUT2D eigenvalue weighted by Crippen LogP contribution is -1.73. The first kappa shape index (κ1) is 10.5. The highest BCUT2D eigenvalue weighted by molar-refractivity contribution is 5.10. The van der Waals surface area contributed by atoms with Crippen molar-refractivity contribution in [3.63, 3.8) is 0 Å². The van der Waals surface area contributed by atoms with Crippen LogP contribution in [0, 0.1) is 0 Å². The predicted molar refractivity (Wildman–Crippen MR) is 52.7 cm³/mol. The standard InChI is InChI=1S/C11H20/c1-4-5-6-7-8-9-10-11(2)3/h9-10H,2,4-8H2,1,3H3. The molecule has 0 radical (unpaired) electrons. The highest BCUT2D eigenvalue weighted by Crippen LogP contribution is 2.03. The smallest absolute Gasteiger partial charge is 0.0348 e. The second kappa shape index (κ2) is 7.59. The number of hydrogen-bond donors (Lipinski definition) is 0. The van der Waals surface area contributed by atoms with Crippen LogP contribution < -0.4 is 0 Å². The van der Waals surface area contributed by atoms with E-state index >= 15 is 0 Å². The molecule has 0 aliphatic carbocycles. The number of hydrogen-bond acceptors (Lipinski definition) is 0. The van der Waals surface area contributed by atoms with Crippen molar-refractivity contribution in [1.82, 2.24) is 0 Å². The molecule has 0 atom stereocenters. The summed E-state index contributed by atoms with van der Waals surface area (Å²) in [6.07, 6.45) is 10.9. The fourth-order valence-electron chi connectivity index (χ4n) is 0.973.